The number of rotatable bonds is 1. The number of nitrogens with zero attached hydrogens (tertiary/aromatic N) is 2. The summed E-state index contributed by atoms with van der Waals surface area (Å²) in [5.74, 6) is 0. The molecule has 0 amide bonds. The van der Waals surface area contributed by atoms with Gasteiger partial charge in [-0.3, -0.25) is 10.1 Å². The van der Waals surface area contributed by atoms with Crippen LogP contribution in [0.25, 0.3) is 11.1 Å². The summed E-state index contributed by atoms with van der Waals surface area (Å²) >= 11 is 0. The van der Waals surface area contributed by atoms with Crippen molar-refractivity contribution in [1.29, 1.82) is 0 Å². The molecule has 78 valence electrons. The van der Waals surface area contributed by atoms with Crippen LogP contribution in [-0.4, -0.2) is 15.2 Å². The van der Waals surface area contributed by atoms with Gasteiger partial charge in [0.25, 0.3) is 0 Å². The molecule has 0 aliphatic carbocycles. The summed E-state index contributed by atoms with van der Waals surface area (Å²) in [6.45, 7) is 0. The van der Waals surface area contributed by atoms with Crippen molar-refractivity contribution in [1.82, 2.24) is 15.2 Å². The van der Waals surface area contributed by atoms with Crippen molar-refractivity contribution in [3.63, 3.8) is 0 Å². The topological polar surface area (TPSA) is 41.6 Å². The van der Waals surface area contributed by atoms with Crippen LogP contribution in [-0.2, 0) is 6.18 Å². The van der Waals surface area contributed by atoms with E-state index in [1.54, 1.807) is 12.1 Å². The van der Waals surface area contributed by atoms with Crippen molar-refractivity contribution in [2.24, 2.45) is 0 Å². The summed E-state index contributed by atoms with van der Waals surface area (Å²) in [4.78, 5) is 3.75. The third kappa shape index (κ3) is 1.83. The lowest BCUT2D eigenvalue weighted by Gasteiger charge is -2.06. The molecule has 2 aromatic heterocycles. The van der Waals surface area contributed by atoms with E-state index in [1.165, 1.54) is 12.4 Å². The number of nitrogens with one attached hydrogen (secondary N) is 1. The molecule has 0 saturated heterocycles. The highest BCUT2D eigenvalue weighted by Crippen LogP contribution is 2.34. The van der Waals surface area contributed by atoms with Crippen LogP contribution in [0, 0.1) is 0 Å². The van der Waals surface area contributed by atoms with Gasteiger partial charge >= 0.3 is 6.18 Å². The van der Waals surface area contributed by atoms with Gasteiger partial charge in [0.05, 0.1) is 6.20 Å². The lowest BCUT2D eigenvalue weighted by molar-refractivity contribution is -0.140. The van der Waals surface area contributed by atoms with E-state index in [0.29, 0.717) is 5.56 Å². The van der Waals surface area contributed by atoms with Crippen molar-refractivity contribution in [3.05, 3.63) is 36.4 Å². The molecule has 15 heavy (non-hydrogen) atoms. The highest BCUT2D eigenvalue weighted by atomic mass is 19.4. The zero-order chi connectivity index (χ0) is 10.9. The van der Waals surface area contributed by atoms with Gasteiger partial charge in [0.15, 0.2) is 0 Å². The Labute approximate surface area is 83.0 Å². The minimum absolute atomic E-state index is 0.00981. The first-order chi connectivity index (χ1) is 7.09. The van der Waals surface area contributed by atoms with Crippen molar-refractivity contribution in [2.45, 2.75) is 6.18 Å². The summed E-state index contributed by atoms with van der Waals surface area (Å²) in [6.07, 6.45) is -0.432. The standard InChI is InChI=1S/C9H6F3N3/c10-9(11,12)8-7(5-14-15-8)6-2-1-3-13-4-6/h1-5H,(H,14,15). The van der Waals surface area contributed by atoms with Crippen LogP contribution in [0.1, 0.15) is 5.69 Å². The Kier molecular flexibility index (Phi) is 2.18. The van der Waals surface area contributed by atoms with E-state index in [-0.39, 0.29) is 5.56 Å². The van der Waals surface area contributed by atoms with Gasteiger partial charge in [-0.15, -0.1) is 0 Å². The van der Waals surface area contributed by atoms with E-state index in [2.05, 4.69) is 10.1 Å². The monoisotopic (exact) mass is 213 g/mol. The number of aromatic nitrogens is 3. The van der Waals surface area contributed by atoms with E-state index < -0.39 is 11.9 Å². The fourth-order valence-electron chi connectivity index (χ4n) is 1.24. The summed E-state index contributed by atoms with van der Waals surface area (Å²) < 4.78 is 37.4. The maximum Gasteiger partial charge on any atom is 0.433 e. The molecule has 0 bridgehead atoms. The number of H-pyrrole nitrogens is 1. The van der Waals surface area contributed by atoms with Crippen LogP contribution in [0.5, 0.6) is 0 Å². The second kappa shape index (κ2) is 3.38. The lowest BCUT2D eigenvalue weighted by Crippen LogP contribution is -2.07. The predicted octanol–water partition coefficient (Wildman–Crippen LogP) is 2.49. The molecule has 2 rings (SSSR count). The van der Waals surface area contributed by atoms with Gasteiger partial charge in [0.1, 0.15) is 5.69 Å². The SMILES string of the molecule is FC(F)(F)c1[nH]ncc1-c1cccnc1. The molecule has 0 aliphatic rings. The summed E-state index contributed by atoms with van der Waals surface area (Å²) in [6, 6.07) is 3.12. The molecule has 1 N–H and O–H groups in total. The second-order valence-corrected chi connectivity index (χ2v) is 2.90. The third-order valence-electron chi connectivity index (χ3n) is 1.90. The van der Waals surface area contributed by atoms with Crippen molar-refractivity contribution in [2.75, 3.05) is 0 Å². The molecule has 0 aromatic carbocycles. The zero-order valence-electron chi connectivity index (χ0n) is 7.42. The van der Waals surface area contributed by atoms with Crippen molar-refractivity contribution >= 4 is 0 Å². The number of alkyl halides is 3. The van der Waals surface area contributed by atoms with Crippen LogP contribution >= 0.6 is 0 Å². The van der Waals surface area contributed by atoms with Crippen LogP contribution < -0.4 is 0 Å². The Morgan fingerprint density at radius 3 is 2.60 bits per heavy atom. The number of hydrogen-bond acceptors (Lipinski definition) is 2. The molecule has 6 heteroatoms. The minimum Gasteiger partial charge on any atom is -0.273 e. The summed E-state index contributed by atoms with van der Waals surface area (Å²) in [7, 11) is 0. The van der Waals surface area contributed by atoms with E-state index in [9.17, 15) is 13.2 Å². The third-order valence-corrected chi connectivity index (χ3v) is 1.90. The molecule has 2 heterocycles. The lowest BCUT2D eigenvalue weighted by atomic mass is 10.1. The molecular weight excluding hydrogens is 207 g/mol. The van der Waals surface area contributed by atoms with Gasteiger partial charge in [-0.2, -0.15) is 18.3 Å². The number of halogens is 3. The first-order valence-corrected chi connectivity index (χ1v) is 4.10. The second-order valence-electron chi connectivity index (χ2n) is 2.90. The Morgan fingerprint density at radius 1 is 1.20 bits per heavy atom. The van der Waals surface area contributed by atoms with E-state index in [4.69, 9.17) is 0 Å². The summed E-state index contributed by atoms with van der Waals surface area (Å²) in [5.41, 5.74) is -0.454. The molecule has 0 spiro atoms. The first kappa shape index (κ1) is 9.70. The highest BCUT2D eigenvalue weighted by Gasteiger charge is 2.35. The Bertz CT molecular complexity index is 447. The Morgan fingerprint density at radius 2 is 2.00 bits per heavy atom. The van der Waals surface area contributed by atoms with Gasteiger partial charge in [0.2, 0.25) is 0 Å². The Hall–Kier alpha value is -1.85. The van der Waals surface area contributed by atoms with Gasteiger partial charge in [-0.05, 0) is 6.07 Å². The van der Waals surface area contributed by atoms with Gasteiger partial charge in [0, 0.05) is 23.5 Å². The highest BCUT2D eigenvalue weighted by molar-refractivity contribution is 5.64. The van der Waals surface area contributed by atoms with Crippen molar-refractivity contribution < 1.29 is 13.2 Å². The van der Waals surface area contributed by atoms with E-state index >= 15 is 0 Å². The maximum atomic E-state index is 12.5. The molecular formula is C9H6F3N3. The van der Waals surface area contributed by atoms with Crippen molar-refractivity contribution in [3.8, 4) is 11.1 Å². The molecule has 0 unspecified atom stereocenters. The number of aromatic amines is 1. The average molecular weight is 213 g/mol. The van der Waals surface area contributed by atoms with E-state index in [1.807, 2.05) is 5.10 Å². The first-order valence-electron chi connectivity index (χ1n) is 4.10. The molecule has 2 aromatic rings. The van der Waals surface area contributed by atoms with Crippen LogP contribution in [0.4, 0.5) is 13.2 Å². The molecule has 0 radical (unpaired) electrons. The fourth-order valence-corrected chi connectivity index (χ4v) is 1.24. The maximum absolute atomic E-state index is 12.5. The molecule has 0 saturated carbocycles. The molecule has 0 aliphatic heterocycles. The largest absolute Gasteiger partial charge is 0.433 e. The Balaban J connectivity index is 2.51. The van der Waals surface area contributed by atoms with E-state index in [0.717, 1.165) is 6.20 Å². The van der Waals surface area contributed by atoms with Gasteiger partial charge < -0.3 is 0 Å². The van der Waals surface area contributed by atoms with Gasteiger partial charge in [-0.25, -0.2) is 0 Å². The normalized spacial score (nSPS) is 11.7. The van der Waals surface area contributed by atoms with Crippen LogP contribution in [0.3, 0.4) is 0 Å². The number of pyridine rings is 1. The zero-order valence-corrected chi connectivity index (χ0v) is 7.42. The molecule has 0 atom stereocenters. The van der Waals surface area contributed by atoms with Crippen LogP contribution in [0.15, 0.2) is 30.7 Å². The molecule has 0 fully saturated rings. The quantitative estimate of drug-likeness (QED) is 0.790. The molecule has 3 nitrogen and oxygen atoms in total. The predicted molar refractivity (Wildman–Crippen MR) is 46.8 cm³/mol. The van der Waals surface area contributed by atoms with Gasteiger partial charge in [-0.1, -0.05) is 6.07 Å². The smallest absolute Gasteiger partial charge is 0.273 e. The minimum atomic E-state index is -4.43. The average Bonchev–Trinajstić information content (AvgIpc) is 2.67. The fraction of sp³-hybridized carbons (Fsp3) is 0.111. The number of hydrogen-bond donors (Lipinski definition) is 1. The summed E-state index contributed by atoms with van der Waals surface area (Å²) in [5, 5.41) is 5.33. The van der Waals surface area contributed by atoms with Crippen LogP contribution in [0.2, 0.25) is 0 Å².